The van der Waals surface area contributed by atoms with Gasteiger partial charge in [-0.3, -0.25) is 0 Å². The molecule has 0 unspecified atom stereocenters. The first-order chi connectivity index (χ1) is 25.6. The molecule has 8 rings (SSSR count). The molecule has 8 aromatic rings. The predicted octanol–water partition coefficient (Wildman–Crippen LogP) is 12.9. The maximum Gasteiger partial charge on any atom is 0.416 e. The standard InChI is InChI=1S/C47H37F3N4/c1-45(2,3)30-15-19-36-34-11-7-9-13-39(34)53(41(36)23-30)43-22-29(27-52)38(33-18-17-32(47(48,49)50)21-28(33)26-51)25-44(43)54-40-14-10-8-12-35(40)37-20-16-31(24-42(37)54)46(4,5)6/h7-25H,1-6H3. The van der Waals surface area contributed by atoms with E-state index < -0.39 is 11.7 Å². The van der Waals surface area contributed by atoms with Gasteiger partial charge in [0.2, 0.25) is 0 Å². The highest BCUT2D eigenvalue weighted by Crippen LogP contribution is 2.43. The highest BCUT2D eigenvalue weighted by Gasteiger charge is 2.32. The molecular formula is C47H37F3N4. The van der Waals surface area contributed by atoms with E-state index in [0.29, 0.717) is 11.3 Å². The van der Waals surface area contributed by atoms with Crippen molar-refractivity contribution in [2.45, 2.75) is 58.5 Å². The van der Waals surface area contributed by atoms with E-state index in [1.54, 1.807) is 0 Å². The zero-order valence-corrected chi connectivity index (χ0v) is 30.9. The van der Waals surface area contributed by atoms with Gasteiger partial charge in [0.25, 0.3) is 0 Å². The minimum absolute atomic E-state index is 0.146. The van der Waals surface area contributed by atoms with Gasteiger partial charge >= 0.3 is 6.18 Å². The van der Waals surface area contributed by atoms with Gasteiger partial charge < -0.3 is 9.13 Å². The summed E-state index contributed by atoms with van der Waals surface area (Å²) in [6.07, 6.45) is -4.63. The van der Waals surface area contributed by atoms with Gasteiger partial charge in [0, 0.05) is 32.7 Å². The highest BCUT2D eigenvalue weighted by molar-refractivity contribution is 6.12. The van der Waals surface area contributed by atoms with Gasteiger partial charge in [-0.1, -0.05) is 108 Å². The van der Waals surface area contributed by atoms with E-state index in [2.05, 4.69) is 117 Å². The molecule has 0 fully saturated rings. The number of halogens is 3. The van der Waals surface area contributed by atoms with E-state index >= 15 is 0 Å². The first kappa shape index (κ1) is 34.8. The molecule has 4 nitrogen and oxygen atoms in total. The second-order valence-electron chi connectivity index (χ2n) is 16.0. The van der Waals surface area contributed by atoms with Crippen molar-refractivity contribution >= 4 is 43.6 Å². The molecule has 0 atom stereocenters. The summed E-state index contributed by atoms with van der Waals surface area (Å²) in [6, 6.07) is 40.6. The van der Waals surface area contributed by atoms with Crippen LogP contribution in [-0.4, -0.2) is 9.13 Å². The second kappa shape index (κ2) is 12.1. The van der Waals surface area contributed by atoms with Gasteiger partial charge in [-0.25, -0.2) is 0 Å². The number of nitriles is 2. The average molecular weight is 715 g/mol. The number of hydrogen-bond acceptors (Lipinski definition) is 2. The van der Waals surface area contributed by atoms with Crippen molar-refractivity contribution in [1.29, 1.82) is 10.5 Å². The van der Waals surface area contributed by atoms with Crippen LogP contribution in [0.15, 0.2) is 115 Å². The fraction of sp³-hybridized carbons (Fsp3) is 0.191. The summed E-state index contributed by atoms with van der Waals surface area (Å²) in [5.74, 6) is 0. The third kappa shape index (κ3) is 5.51. The molecule has 0 amide bonds. The quantitative estimate of drug-likeness (QED) is 0.183. The lowest BCUT2D eigenvalue weighted by molar-refractivity contribution is -0.137. The van der Waals surface area contributed by atoms with Crippen LogP contribution < -0.4 is 0 Å². The molecule has 2 aromatic heterocycles. The van der Waals surface area contributed by atoms with Crippen LogP contribution in [-0.2, 0) is 17.0 Å². The molecule has 0 saturated heterocycles. The molecule has 0 saturated carbocycles. The summed E-state index contributed by atoms with van der Waals surface area (Å²) in [5, 5.41) is 25.2. The molecule has 0 bridgehead atoms. The SMILES string of the molecule is CC(C)(C)c1ccc2c3ccccc3n(-c3cc(C#N)c(-c4ccc(C(F)(F)F)cc4C#N)cc3-n3c4ccccc4c4ccc(C(C)(C)C)cc43)c2c1. The van der Waals surface area contributed by atoms with Crippen LogP contribution in [0.1, 0.15) is 69.4 Å². The molecule has 6 aromatic carbocycles. The number of alkyl halides is 3. The van der Waals surface area contributed by atoms with Gasteiger partial charge in [-0.2, -0.15) is 23.7 Å². The largest absolute Gasteiger partial charge is 0.416 e. The van der Waals surface area contributed by atoms with Gasteiger partial charge in [0.1, 0.15) is 0 Å². The zero-order chi connectivity index (χ0) is 38.3. The second-order valence-corrected chi connectivity index (χ2v) is 16.0. The van der Waals surface area contributed by atoms with Crippen LogP contribution in [0.2, 0.25) is 0 Å². The Morgan fingerprint density at radius 3 is 1.33 bits per heavy atom. The number of nitrogens with zero attached hydrogens (tertiary/aromatic N) is 4. The number of fused-ring (bicyclic) bond motifs is 6. The van der Waals surface area contributed by atoms with Crippen molar-refractivity contribution in [2.24, 2.45) is 0 Å². The van der Waals surface area contributed by atoms with Gasteiger partial charge in [-0.05, 0) is 70.5 Å². The van der Waals surface area contributed by atoms with Crippen LogP contribution in [0.3, 0.4) is 0 Å². The van der Waals surface area contributed by atoms with Crippen molar-refractivity contribution in [3.8, 4) is 34.6 Å². The Hall–Kier alpha value is -6.31. The molecule has 0 aliphatic carbocycles. The van der Waals surface area contributed by atoms with Crippen LogP contribution in [0, 0.1) is 22.7 Å². The number of aromatic nitrogens is 2. The number of rotatable bonds is 3. The molecule has 54 heavy (non-hydrogen) atoms. The fourth-order valence-corrected chi connectivity index (χ4v) is 7.69. The maximum atomic E-state index is 13.8. The first-order valence-electron chi connectivity index (χ1n) is 17.9. The third-order valence-electron chi connectivity index (χ3n) is 10.6. The summed E-state index contributed by atoms with van der Waals surface area (Å²) >= 11 is 0. The maximum absolute atomic E-state index is 13.8. The van der Waals surface area contributed by atoms with Crippen molar-refractivity contribution in [1.82, 2.24) is 9.13 Å². The fourth-order valence-electron chi connectivity index (χ4n) is 7.69. The minimum atomic E-state index is -4.63. The summed E-state index contributed by atoms with van der Waals surface area (Å²) in [7, 11) is 0. The zero-order valence-electron chi connectivity index (χ0n) is 30.9. The Morgan fingerprint density at radius 2 is 0.870 bits per heavy atom. The van der Waals surface area contributed by atoms with Crippen LogP contribution in [0.5, 0.6) is 0 Å². The summed E-state index contributed by atoms with van der Waals surface area (Å²) in [4.78, 5) is 0. The molecule has 266 valence electrons. The molecular weight excluding hydrogens is 678 g/mol. The molecule has 0 spiro atoms. The highest BCUT2D eigenvalue weighted by atomic mass is 19.4. The Labute approximate surface area is 311 Å². The number of hydrogen-bond donors (Lipinski definition) is 0. The smallest absolute Gasteiger partial charge is 0.307 e. The average Bonchev–Trinajstić information content (AvgIpc) is 3.65. The van der Waals surface area contributed by atoms with E-state index in [9.17, 15) is 23.7 Å². The van der Waals surface area contributed by atoms with Gasteiger partial charge in [-0.15, -0.1) is 0 Å². The van der Waals surface area contributed by atoms with Crippen molar-refractivity contribution in [3.05, 3.63) is 143 Å². The monoisotopic (exact) mass is 714 g/mol. The Kier molecular flexibility index (Phi) is 7.80. The van der Waals surface area contributed by atoms with E-state index in [1.807, 2.05) is 42.5 Å². The van der Waals surface area contributed by atoms with Crippen molar-refractivity contribution in [3.63, 3.8) is 0 Å². The summed E-state index contributed by atoms with van der Waals surface area (Å²) in [5.41, 5.74) is 6.98. The van der Waals surface area contributed by atoms with E-state index in [-0.39, 0.29) is 27.5 Å². The van der Waals surface area contributed by atoms with E-state index in [4.69, 9.17) is 0 Å². The Morgan fingerprint density at radius 1 is 0.444 bits per heavy atom. The van der Waals surface area contributed by atoms with Crippen LogP contribution in [0.4, 0.5) is 13.2 Å². The molecule has 0 aliphatic heterocycles. The molecule has 2 heterocycles. The summed E-state index contributed by atoms with van der Waals surface area (Å²) in [6.45, 7) is 13.0. The molecule has 0 N–H and O–H groups in total. The normalized spacial score (nSPS) is 12.5. The first-order valence-corrected chi connectivity index (χ1v) is 17.9. The Balaban J connectivity index is 1.58. The summed E-state index contributed by atoms with van der Waals surface area (Å²) < 4.78 is 45.9. The van der Waals surface area contributed by atoms with Crippen LogP contribution >= 0.6 is 0 Å². The number of benzene rings is 6. The van der Waals surface area contributed by atoms with Crippen LogP contribution in [0.25, 0.3) is 66.1 Å². The molecule has 0 radical (unpaired) electrons. The predicted molar refractivity (Wildman–Crippen MR) is 212 cm³/mol. The number of para-hydroxylation sites is 2. The van der Waals surface area contributed by atoms with Crippen molar-refractivity contribution < 1.29 is 13.2 Å². The molecule has 0 aliphatic rings. The lowest BCUT2D eigenvalue weighted by atomic mass is 9.86. The Bertz CT molecular complexity index is 2910. The molecule has 7 heteroatoms. The van der Waals surface area contributed by atoms with Gasteiger partial charge in [0.15, 0.2) is 0 Å². The van der Waals surface area contributed by atoms with Gasteiger partial charge in [0.05, 0.1) is 62.3 Å². The third-order valence-corrected chi connectivity index (χ3v) is 10.6. The topological polar surface area (TPSA) is 57.4 Å². The lowest BCUT2D eigenvalue weighted by Gasteiger charge is -2.22. The van der Waals surface area contributed by atoms with E-state index in [1.165, 1.54) is 6.07 Å². The van der Waals surface area contributed by atoms with Crippen molar-refractivity contribution in [2.75, 3.05) is 0 Å². The van der Waals surface area contributed by atoms with E-state index in [0.717, 1.165) is 72.6 Å². The lowest BCUT2D eigenvalue weighted by Crippen LogP contribution is -2.12. The minimum Gasteiger partial charge on any atom is -0.307 e.